The van der Waals surface area contributed by atoms with Crippen molar-refractivity contribution in [2.45, 2.75) is 0 Å². The third-order valence-electron chi connectivity index (χ3n) is 0.249. The zero-order valence-corrected chi connectivity index (χ0v) is 6.69. The van der Waals surface area contributed by atoms with Crippen LogP contribution in [0.15, 0.2) is 0 Å². The molecule has 0 aromatic carbocycles. The van der Waals surface area contributed by atoms with Gasteiger partial charge in [0.05, 0.1) is 0 Å². The maximum atomic E-state index is 10.8. The third-order valence-corrected chi connectivity index (χ3v) is 0.746. The topological polar surface area (TPSA) is 72.4 Å². The molecule has 0 aromatic rings. The van der Waals surface area contributed by atoms with Crippen LogP contribution in [0.4, 0.5) is 12.9 Å². The van der Waals surface area contributed by atoms with Crippen LogP contribution in [0.3, 0.4) is 0 Å². The van der Waals surface area contributed by atoms with Gasteiger partial charge in [-0.2, -0.15) is 0 Å². The van der Waals surface area contributed by atoms with E-state index in [0.717, 1.165) is 0 Å². The first-order valence-corrected chi connectivity index (χ1v) is 3.08. The molecule has 0 aromatic heterocycles. The Morgan fingerprint density at radius 3 is 1.45 bits per heavy atom. The van der Waals surface area contributed by atoms with E-state index in [9.17, 15) is 27.3 Å². The second-order valence-corrected chi connectivity index (χ2v) is 2.17. The molecule has 0 amide bonds. The molecule has 0 saturated carbocycles. The Kier molecular flexibility index (Phi) is 9.43. The summed E-state index contributed by atoms with van der Waals surface area (Å²) in [7, 11) is -11.9. The van der Waals surface area contributed by atoms with Crippen molar-refractivity contribution in [3.63, 3.8) is 0 Å². The molecule has 0 bridgehead atoms. The summed E-state index contributed by atoms with van der Waals surface area (Å²) in [6.07, 6.45) is 0. The smallest absolute Gasteiger partial charge is 0.792 e. The van der Waals surface area contributed by atoms with E-state index < -0.39 is 15.0 Å². The van der Waals surface area contributed by atoms with Crippen molar-refractivity contribution in [1.82, 2.24) is 0 Å². The summed E-state index contributed by atoms with van der Waals surface area (Å²) in [5, 5.41) is 0. The zero-order chi connectivity index (χ0) is 7.71. The van der Waals surface area contributed by atoms with Gasteiger partial charge in [0.1, 0.15) is 0 Å². The summed E-state index contributed by atoms with van der Waals surface area (Å²) < 4.78 is 43.8. The van der Waals surface area contributed by atoms with Crippen molar-refractivity contribution >= 4 is 15.0 Å². The van der Waals surface area contributed by atoms with Gasteiger partial charge in [0, 0.05) is 7.82 Å². The molecule has 0 aliphatic carbocycles. The molecule has 11 heavy (non-hydrogen) atoms. The van der Waals surface area contributed by atoms with Crippen molar-refractivity contribution in [1.29, 1.82) is 0 Å². The van der Waals surface area contributed by atoms with Crippen LogP contribution >= 0.6 is 7.82 Å². The Morgan fingerprint density at radius 2 is 1.45 bits per heavy atom. The van der Waals surface area contributed by atoms with E-state index in [1.165, 1.54) is 0 Å². The molecule has 0 spiro atoms. The van der Waals surface area contributed by atoms with E-state index >= 15 is 0 Å². The number of hydrogen-bond donors (Lipinski definition) is 0. The fourth-order valence-electron chi connectivity index (χ4n) is 0.146. The molecule has 0 rings (SSSR count). The van der Waals surface area contributed by atoms with Crippen molar-refractivity contribution < 1.29 is 69.5 Å². The minimum Gasteiger partial charge on any atom is -0.792 e. The number of hydrogen-bond acceptors (Lipinski definition) is 4. The largest absolute Gasteiger partial charge is 1.00 e. The first-order chi connectivity index (χ1) is 3.71. The number of rotatable bonds is 2. The summed E-state index contributed by atoms with van der Waals surface area (Å²) in [5.41, 5.74) is 0. The molecule has 0 aliphatic rings. The molecule has 0 unspecified atom stereocenters. The van der Waals surface area contributed by atoms with Gasteiger partial charge in [0.15, 0.2) is 0 Å². The van der Waals surface area contributed by atoms with Crippen LogP contribution in [0.1, 0.15) is 0 Å². The second kappa shape index (κ2) is 5.75. The Hall–Kier alpha value is 1.16. The fraction of sp³-hybridized carbons (Fsp3) is 0. The molecule has 0 aliphatic heterocycles. The standard InChI is InChI=1S/BF3H2O4P.2Li/c2-1(3,4)8-9(5,6)7;;/h(H2,5,6,7);;/q-1;2*+1/p-2. The molecular formula is BF3Li2O4P-. The zero-order valence-electron chi connectivity index (χ0n) is 5.79. The predicted octanol–water partition coefficient (Wildman–Crippen LogP) is -6.82. The fourth-order valence-corrected chi connectivity index (χ4v) is 0.439. The SMILES string of the molecule is O=P([O-])([O-])O[B-](F)(F)F.[Li+].[Li+]. The number of phosphoric acid groups is 1. The molecule has 0 fully saturated rings. The summed E-state index contributed by atoms with van der Waals surface area (Å²) in [4.78, 5) is 18.4. The summed E-state index contributed by atoms with van der Waals surface area (Å²) in [6.45, 7) is 0. The van der Waals surface area contributed by atoms with Crippen LogP contribution in [-0.4, -0.2) is 7.18 Å². The van der Waals surface area contributed by atoms with Gasteiger partial charge in [-0.15, -0.1) is 0 Å². The van der Waals surface area contributed by atoms with Gasteiger partial charge in [-0.1, -0.05) is 0 Å². The van der Waals surface area contributed by atoms with E-state index in [0.29, 0.717) is 0 Å². The minimum atomic E-state index is -5.98. The van der Waals surface area contributed by atoms with Gasteiger partial charge in [-0.05, 0) is 0 Å². The van der Waals surface area contributed by atoms with Crippen LogP contribution in [0, 0.1) is 0 Å². The van der Waals surface area contributed by atoms with Gasteiger partial charge in [0.2, 0.25) is 0 Å². The molecule has 0 N–H and O–H groups in total. The summed E-state index contributed by atoms with van der Waals surface area (Å²) in [5.74, 6) is 0. The first-order valence-electron chi connectivity index (χ1n) is 1.62. The van der Waals surface area contributed by atoms with Crippen LogP contribution in [-0.2, 0) is 9.01 Å². The predicted molar refractivity (Wildman–Crippen MR) is 17.8 cm³/mol. The summed E-state index contributed by atoms with van der Waals surface area (Å²) in [6, 6.07) is 0. The van der Waals surface area contributed by atoms with Crippen molar-refractivity contribution in [3.8, 4) is 0 Å². The molecule has 11 heteroatoms. The Morgan fingerprint density at radius 1 is 1.18 bits per heavy atom. The average Bonchev–Trinajstić information content (AvgIpc) is 1.14. The monoisotopic (exact) mass is 177 g/mol. The third kappa shape index (κ3) is 18.3. The number of halogens is 3. The minimum absolute atomic E-state index is 0. The van der Waals surface area contributed by atoms with E-state index in [1.54, 1.807) is 0 Å². The maximum absolute atomic E-state index is 10.8. The van der Waals surface area contributed by atoms with Crippen LogP contribution < -0.4 is 47.5 Å². The van der Waals surface area contributed by atoms with Gasteiger partial charge in [-0.3, -0.25) is 0 Å². The molecule has 0 saturated heterocycles. The molecular weight excluding hydrogens is 177 g/mol. The molecule has 0 heterocycles. The average molecular weight is 177 g/mol. The van der Waals surface area contributed by atoms with E-state index in [2.05, 4.69) is 4.44 Å². The van der Waals surface area contributed by atoms with E-state index in [-0.39, 0.29) is 37.7 Å². The summed E-state index contributed by atoms with van der Waals surface area (Å²) >= 11 is 0. The van der Waals surface area contributed by atoms with Crippen molar-refractivity contribution in [2.24, 2.45) is 0 Å². The Balaban J connectivity index is -0.000000320. The van der Waals surface area contributed by atoms with Crippen molar-refractivity contribution in [3.05, 3.63) is 0 Å². The van der Waals surface area contributed by atoms with E-state index in [4.69, 9.17) is 0 Å². The molecule has 56 valence electrons. The van der Waals surface area contributed by atoms with Crippen molar-refractivity contribution in [2.75, 3.05) is 0 Å². The normalized spacial score (nSPS) is 11.4. The Bertz CT molecular complexity index is 141. The quantitative estimate of drug-likeness (QED) is 0.310. The molecule has 4 nitrogen and oxygen atoms in total. The molecule has 0 atom stereocenters. The van der Waals surface area contributed by atoms with Gasteiger partial charge < -0.3 is 31.7 Å². The Labute approximate surface area is 84.6 Å². The first kappa shape index (κ1) is 18.0. The maximum Gasteiger partial charge on any atom is 1.00 e. The van der Waals surface area contributed by atoms with E-state index in [1.807, 2.05) is 0 Å². The van der Waals surface area contributed by atoms with Crippen LogP contribution in [0.2, 0.25) is 0 Å². The van der Waals surface area contributed by atoms with Gasteiger partial charge >= 0.3 is 44.9 Å². The second-order valence-electron chi connectivity index (χ2n) is 1.07. The van der Waals surface area contributed by atoms with Gasteiger partial charge in [0.25, 0.3) is 0 Å². The van der Waals surface area contributed by atoms with Crippen LogP contribution in [0.25, 0.3) is 0 Å². The molecule has 0 radical (unpaired) electrons. The van der Waals surface area contributed by atoms with Crippen LogP contribution in [0.5, 0.6) is 0 Å². The van der Waals surface area contributed by atoms with Gasteiger partial charge in [-0.25, -0.2) is 0 Å².